The van der Waals surface area contributed by atoms with Gasteiger partial charge in [0.2, 0.25) is 0 Å². The predicted molar refractivity (Wildman–Crippen MR) is 269 cm³/mol. The number of carbonyl (C=O) groups is 2. The molecule has 5 aromatic rings. The van der Waals surface area contributed by atoms with Gasteiger partial charge in [-0.3, -0.25) is 10.2 Å². The predicted octanol–water partition coefficient (Wildman–Crippen LogP) is 13.1. The van der Waals surface area contributed by atoms with Gasteiger partial charge in [-0.05, 0) is 123 Å². The van der Waals surface area contributed by atoms with E-state index in [-0.39, 0.29) is 89.4 Å². The first kappa shape index (κ1) is 54.0. The number of carbonyl (C=O) groups excluding carboxylic acids is 2. The number of hydrogen-bond donors (Lipinski definition) is 1. The summed E-state index contributed by atoms with van der Waals surface area (Å²) in [6.45, 7) is 15.1. The molecule has 1 N–H and O–H groups in total. The number of benzene rings is 4. The van der Waals surface area contributed by atoms with Crippen LogP contribution < -0.4 is 19.7 Å². The van der Waals surface area contributed by atoms with Gasteiger partial charge in [0.15, 0.2) is 27.5 Å². The molecule has 0 aliphatic carbocycles. The van der Waals surface area contributed by atoms with Gasteiger partial charge in [-0.15, -0.1) is 0 Å². The molecule has 2 aliphatic rings. The number of halogens is 5. The van der Waals surface area contributed by atoms with Crippen LogP contribution in [0.25, 0.3) is 32.8 Å². The monoisotopic (exact) mass is 1020 g/mol. The van der Waals surface area contributed by atoms with E-state index in [1.165, 1.54) is 25.3 Å². The van der Waals surface area contributed by atoms with Gasteiger partial charge in [0.25, 0.3) is 0 Å². The number of rotatable bonds is 18. The Kier molecular flexibility index (Phi) is 16.6. The summed E-state index contributed by atoms with van der Waals surface area (Å²) >= 11 is 0. The Balaban J connectivity index is 1.36. The van der Waals surface area contributed by atoms with E-state index in [0.717, 1.165) is 19.3 Å². The lowest BCUT2D eigenvalue weighted by atomic mass is 9.90. The number of hydrogen-bond acceptors (Lipinski definition) is 11. The van der Waals surface area contributed by atoms with E-state index < -0.39 is 62.0 Å². The van der Waals surface area contributed by atoms with Crippen molar-refractivity contribution < 1.29 is 59.7 Å². The lowest BCUT2D eigenvalue weighted by Gasteiger charge is -2.42. The Morgan fingerprint density at radius 3 is 2.21 bits per heavy atom. The van der Waals surface area contributed by atoms with E-state index in [2.05, 4.69) is 49.1 Å². The Morgan fingerprint density at radius 2 is 1.56 bits per heavy atom. The number of nitrogens with one attached hydrogen (secondary N) is 1. The molecular weight excluding hydrogens is 958 g/mol. The summed E-state index contributed by atoms with van der Waals surface area (Å²) in [7, 11) is -0.499. The van der Waals surface area contributed by atoms with Crippen LogP contribution >= 0.6 is 0 Å². The Morgan fingerprint density at radius 1 is 0.861 bits per heavy atom. The summed E-state index contributed by atoms with van der Waals surface area (Å²) in [5, 5.41) is 3.62. The summed E-state index contributed by atoms with van der Waals surface area (Å²) in [4.78, 5) is 39.5. The molecule has 19 heteroatoms. The van der Waals surface area contributed by atoms with Crippen molar-refractivity contribution in [3.8, 4) is 22.9 Å². The van der Waals surface area contributed by atoms with Crippen LogP contribution in [-0.2, 0) is 31.7 Å². The molecular formula is C53H66F5N5O8Si. The fourth-order valence-corrected chi connectivity index (χ4v) is 10.1. The molecule has 2 saturated heterocycles. The van der Waals surface area contributed by atoms with Gasteiger partial charge in [-0.2, -0.15) is 23.1 Å². The Hall–Kier alpha value is -5.79. The van der Waals surface area contributed by atoms with E-state index in [0.29, 0.717) is 42.2 Å². The number of piperazine rings is 1. The lowest BCUT2D eigenvalue weighted by molar-refractivity contribution is -0.154. The largest absolute Gasteiger partial charge is 0.468 e. The number of fused-ring (bicyclic) bond motifs is 4. The maximum absolute atomic E-state index is 18.3. The lowest BCUT2D eigenvalue weighted by Crippen LogP contribution is -2.57. The SMILES string of the molecule is COCOc1cc(-c2c(NC(=O)OCc3ccccc3)cc3c(N4C[C@H]5CC[C@@H](C4)N5C(=O)OC(C)(C)C)nc(OCC(F)(F)F)nc3c2F)c2c(CCCCCCO[Si](C)(C)C(C)(C)C)c(F)ccc2c1. The zero-order valence-electron chi connectivity index (χ0n) is 42.6. The van der Waals surface area contributed by atoms with Crippen LogP contribution in [0.2, 0.25) is 18.1 Å². The Bertz CT molecular complexity index is 2720. The summed E-state index contributed by atoms with van der Waals surface area (Å²) in [5.41, 5.74) is -0.562. The molecule has 2 bridgehead atoms. The highest BCUT2D eigenvalue weighted by Crippen LogP contribution is 2.46. The Labute approximate surface area is 418 Å². The van der Waals surface area contributed by atoms with Gasteiger partial charge in [0.1, 0.15) is 35.1 Å². The fraction of sp³-hybridized carbons (Fsp3) is 0.509. The van der Waals surface area contributed by atoms with E-state index in [1.54, 1.807) is 67.0 Å². The standard InChI is InChI=1S/C53H66F5N5O8Si/c1-51(2,3)71-50(65)63-35-21-22-36(63)29-62(28-35)47-40-27-42(59-49(64)67-30-33-17-13-12-14-18-33)44(45(55)46(40)60-48(61-47)68-31-53(56,57)58)39-26-37(69-32-66-7)25-34-20-23-41(54)38(43(34)39)19-15-10-11-16-24-70-72(8,9)52(4,5)6/h12-14,17-18,20,23,25-27,35-36H,10-11,15-16,19,21-22,24,28-32H2,1-9H3,(H,59,64)/t35-,36+. The molecule has 0 unspecified atom stereocenters. The second-order valence-electron chi connectivity index (χ2n) is 21.0. The fourth-order valence-electron chi connectivity index (χ4n) is 9.00. The molecule has 390 valence electrons. The van der Waals surface area contributed by atoms with Crippen molar-refractivity contribution in [2.75, 3.05) is 50.4 Å². The van der Waals surface area contributed by atoms with Crippen molar-refractivity contribution in [3.05, 3.63) is 83.4 Å². The summed E-state index contributed by atoms with van der Waals surface area (Å²) in [6, 6.07) is 14.9. The zero-order chi connectivity index (χ0) is 52.2. The average molecular weight is 1020 g/mol. The van der Waals surface area contributed by atoms with Crippen molar-refractivity contribution in [2.24, 2.45) is 0 Å². The highest BCUT2D eigenvalue weighted by atomic mass is 28.4. The normalized spacial score (nSPS) is 16.4. The number of aryl methyl sites for hydroxylation is 1. The molecule has 4 aromatic carbocycles. The van der Waals surface area contributed by atoms with Crippen LogP contribution in [0.5, 0.6) is 11.8 Å². The van der Waals surface area contributed by atoms with Crippen LogP contribution in [0.3, 0.4) is 0 Å². The van der Waals surface area contributed by atoms with E-state index in [1.807, 2.05) is 6.07 Å². The van der Waals surface area contributed by atoms with Crippen molar-refractivity contribution in [1.29, 1.82) is 0 Å². The number of anilines is 2. The van der Waals surface area contributed by atoms with Gasteiger partial charge >= 0.3 is 24.4 Å². The smallest absolute Gasteiger partial charge is 0.422 e. The third-order valence-corrected chi connectivity index (χ3v) is 18.0. The molecule has 72 heavy (non-hydrogen) atoms. The highest BCUT2D eigenvalue weighted by molar-refractivity contribution is 6.74. The van der Waals surface area contributed by atoms with Gasteiger partial charge in [0, 0.05) is 37.8 Å². The van der Waals surface area contributed by atoms with Crippen LogP contribution in [0.1, 0.15) is 91.2 Å². The number of methoxy groups -OCH3 is 1. The summed E-state index contributed by atoms with van der Waals surface area (Å²) in [5.74, 6) is -1.40. The van der Waals surface area contributed by atoms with Crippen molar-refractivity contribution in [2.45, 2.75) is 135 Å². The molecule has 0 spiro atoms. The van der Waals surface area contributed by atoms with Gasteiger partial charge in [-0.1, -0.05) is 70.0 Å². The van der Waals surface area contributed by atoms with Gasteiger partial charge in [0.05, 0.1) is 17.8 Å². The average Bonchev–Trinajstić information content (AvgIpc) is 3.57. The topological polar surface area (TPSA) is 134 Å². The van der Waals surface area contributed by atoms with Crippen molar-refractivity contribution >= 4 is 53.7 Å². The molecule has 2 fully saturated rings. The first-order chi connectivity index (χ1) is 33.9. The van der Waals surface area contributed by atoms with Gasteiger partial charge in [-0.25, -0.2) is 18.4 Å². The molecule has 13 nitrogen and oxygen atoms in total. The molecule has 2 aliphatic heterocycles. The second-order valence-corrected chi connectivity index (χ2v) is 25.8. The summed E-state index contributed by atoms with van der Waals surface area (Å²) < 4.78 is 110. The summed E-state index contributed by atoms with van der Waals surface area (Å²) in [6.07, 6.45) is -1.82. The van der Waals surface area contributed by atoms with Crippen LogP contribution in [0.4, 0.5) is 43.0 Å². The zero-order valence-corrected chi connectivity index (χ0v) is 43.6. The third-order valence-electron chi connectivity index (χ3n) is 13.4. The molecule has 0 saturated carbocycles. The number of amides is 2. The van der Waals surface area contributed by atoms with Crippen LogP contribution in [0, 0.1) is 11.6 Å². The minimum absolute atomic E-state index is 0.00699. The first-order valence-corrected chi connectivity index (χ1v) is 27.3. The van der Waals surface area contributed by atoms with E-state index in [9.17, 15) is 22.8 Å². The van der Waals surface area contributed by atoms with Crippen LogP contribution in [0.15, 0.2) is 60.7 Å². The molecule has 7 rings (SSSR count). The number of aromatic nitrogens is 2. The maximum atomic E-state index is 18.3. The van der Waals surface area contributed by atoms with Crippen molar-refractivity contribution in [3.63, 3.8) is 0 Å². The number of unbranched alkanes of at least 4 members (excludes halogenated alkanes) is 3. The molecule has 2 atom stereocenters. The van der Waals surface area contributed by atoms with Crippen molar-refractivity contribution in [1.82, 2.24) is 14.9 Å². The maximum Gasteiger partial charge on any atom is 0.422 e. The van der Waals surface area contributed by atoms with Crippen LogP contribution in [-0.4, -0.2) is 99.4 Å². The molecule has 3 heterocycles. The second kappa shape index (κ2) is 22.1. The van der Waals surface area contributed by atoms with Gasteiger partial charge < -0.3 is 33.0 Å². The van der Waals surface area contributed by atoms with E-state index in [4.69, 9.17) is 28.1 Å². The molecule has 1 aromatic heterocycles. The quantitative estimate of drug-likeness (QED) is 0.0389. The third kappa shape index (κ3) is 13.0. The molecule has 0 radical (unpaired) electrons. The highest BCUT2D eigenvalue weighted by Gasteiger charge is 2.45. The number of ether oxygens (including phenoxy) is 5. The minimum atomic E-state index is -4.80. The minimum Gasteiger partial charge on any atom is -0.468 e. The molecule has 2 amide bonds. The first-order valence-electron chi connectivity index (χ1n) is 24.4. The number of nitrogens with zero attached hydrogens (tertiary/aromatic N) is 4. The number of alkyl halides is 3. The van der Waals surface area contributed by atoms with E-state index >= 15 is 8.78 Å².